The summed E-state index contributed by atoms with van der Waals surface area (Å²) in [6.07, 6.45) is 0. The molecule has 2 heterocycles. The maximum absolute atomic E-state index is 5.40. The van der Waals surface area contributed by atoms with Crippen molar-refractivity contribution in [2.45, 2.75) is 12.1 Å². The van der Waals surface area contributed by atoms with E-state index in [1.165, 1.54) is 5.56 Å². The van der Waals surface area contributed by atoms with Crippen LogP contribution in [0.15, 0.2) is 52.7 Å². The number of aryl methyl sites for hydroxylation is 1. The Kier molecular flexibility index (Phi) is 5.86. The molecule has 8 heteroatoms. The average molecular weight is 447 g/mol. The van der Waals surface area contributed by atoms with E-state index in [4.69, 9.17) is 14.6 Å². The molecule has 0 spiro atoms. The van der Waals surface area contributed by atoms with Gasteiger partial charge in [0.05, 0.1) is 19.9 Å². The zero-order valence-corrected chi connectivity index (χ0v) is 17.7. The van der Waals surface area contributed by atoms with Gasteiger partial charge in [0.1, 0.15) is 0 Å². The fourth-order valence-corrected chi connectivity index (χ4v) is 3.61. The van der Waals surface area contributed by atoms with Crippen molar-refractivity contribution >= 4 is 34.5 Å². The van der Waals surface area contributed by atoms with Crippen LogP contribution in [0.5, 0.6) is 11.5 Å². The number of hydrogen-bond donors (Lipinski definition) is 0. The second kappa shape index (κ2) is 8.14. The number of aromatic nitrogens is 3. The number of ether oxygens (including phenoxy) is 2. The highest BCUT2D eigenvalue weighted by atomic mass is 79.9. The van der Waals surface area contributed by atoms with Crippen LogP contribution in [0.4, 0.5) is 0 Å². The summed E-state index contributed by atoms with van der Waals surface area (Å²) in [5.74, 6) is 2.77. The summed E-state index contributed by atoms with van der Waals surface area (Å²) in [4.78, 5) is 0. The van der Waals surface area contributed by atoms with Crippen LogP contribution < -0.4 is 9.47 Å². The highest BCUT2D eigenvalue weighted by molar-refractivity contribution is 8.93. The fraction of sp³-hybridized carbons (Fsp3) is 0.211. The lowest BCUT2D eigenvalue weighted by atomic mass is 10.1. The van der Waals surface area contributed by atoms with E-state index in [1.807, 2.05) is 18.2 Å². The molecule has 1 aliphatic rings. The topological polar surface area (TPSA) is 61.5 Å². The Balaban J connectivity index is 0.00000210. The number of nitrogens with zero attached hydrogens (tertiary/aromatic N) is 4. The van der Waals surface area contributed by atoms with Crippen molar-refractivity contribution in [2.24, 2.45) is 5.10 Å². The Labute approximate surface area is 172 Å². The zero-order valence-electron chi connectivity index (χ0n) is 15.2. The quantitative estimate of drug-likeness (QED) is 0.600. The van der Waals surface area contributed by atoms with Crippen LogP contribution >= 0.6 is 28.7 Å². The summed E-state index contributed by atoms with van der Waals surface area (Å²) < 4.78 is 12.5. The number of methoxy groups -OCH3 is 2. The molecule has 0 amide bonds. The van der Waals surface area contributed by atoms with Crippen molar-refractivity contribution in [3.8, 4) is 22.9 Å². The van der Waals surface area contributed by atoms with E-state index in [9.17, 15) is 0 Å². The first-order valence-corrected chi connectivity index (χ1v) is 9.13. The van der Waals surface area contributed by atoms with Crippen LogP contribution in [-0.4, -0.2) is 40.6 Å². The molecular formula is C19H19BrN4O2S. The number of halogens is 1. The molecule has 140 valence electrons. The smallest absolute Gasteiger partial charge is 0.212 e. The van der Waals surface area contributed by atoms with Gasteiger partial charge in [-0.3, -0.25) is 0 Å². The van der Waals surface area contributed by atoms with E-state index < -0.39 is 0 Å². The molecule has 0 fully saturated rings. The van der Waals surface area contributed by atoms with Gasteiger partial charge in [-0.25, -0.2) is 0 Å². The highest BCUT2D eigenvalue weighted by Gasteiger charge is 2.21. The van der Waals surface area contributed by atoms with Crippen LogP contribution in [-0.2, 0) is 0 Å². The van der Waals surface area contributed by atoms with E-state index in [0.29, 0.717) is 17.3 Å². The number of thioether (sulfide) groups is 1. The van der Waals surface area contributed by atoms with Crippen molar-refractivity contribution in [3.05, 3.63) is 53.6 Å². The predicted molar refractivity (Wildman–Crippen MR) is 113 cm³/mol. The number of hydrogen-bond acceptors (Lipinski definition) is 6. The number of fused-ring (bicyclic) bond motifs is 1. The second-order valence-electron chi connectivity index (χ2n) is 5.89. The molecule has 0 saturated carbocycles. The van der Waals surface area contributed by atoms with E-state index in [0.717, 1.165) is 27.7 Å². The van der Waals surface area contributed by atoms with Crippen LogP contribution in [0.25, 0.3) is 11.4 Å². The molecule has 0 aliphatic carbocycles. The highest BCUT2D eigenvalue weighted by Crippen LogP contribution is 2.34. The fourth-order valence-electron chi connectivity index (χ4n) is 2.77. The minimum absolute atomic E-state index is 0. The molecule has 6 nitrogen and oxygen atoms in total. The molecule has 4 rings (SSSR count). The maximum Gasteiger partial charge on any atom is 0.212 e. The van der Waals surface area contributed by atoms with Gasteiger partial charge in [-0.05, 0) is 30.7 Å². The zero-order chi connectivity index (χ0) is 18.1. The predicted octanol–water partition coefficient (Wildman–Crippen LogP) is 4.21. The summed E-state index contributed by atoms with van der Waals surface area (Å²) >= 11 is 1.63. The van der Waals surface area contributed by atoms with Crippen molar-refractivity contribution in [3.63, 3.8) is 0 Å². The van der Waals surface area contributed by atoms with Gasteiger partial charge in [0.2, 0.25) is 5.16 Å². The molecule has 0 radical (unpaired) electrons. The average Bonchev–Trinajstić information content (AvgIpc) is 3.11. The van der Waals surface area contributed by atoms with Crippen LogP contribution in [0.2, 0.25) is 0 Å². The lowest BCUT2D eigenvalue weighted by Crippen LogP contribution is -2.13. The molecule has 3 aromatic rings. The Morgan fingerprint density at radius 2 is 1.63 bits per heavy atom. The minimum atomic E-state index is 0. The summed E-state index contributed by atoms with van der Waals surface area (Å²) in [6.45, 7) is 2.08. The normalized spacial score (nSPS) is 12.6. The third kappa shape index (κ3) is 3.72. The number of benzene rings is 2. The summed E-state index contributed by atoms with van der Waals surface area (Å²) in [5, 5.41) is 14.2. The van der Waals surface area contributed by atoms with Gasteiger partial charge in [0.25, 0.3) is 0 Å². The third-order valence-corrected chi connectivity index (χ3v) is 5.13. The van der Waals surface area contributed by atoms with E-state index in [2.05, 4.69) is 41.4 Å². The molecule has 0 N–H and O–H groups in total. The first kappa shape index (κ1) is 19.4. The molecule has 0 saturated heterocycles. The maximum atomic E-state index is 5.40. The van der Waals surface area contributed by atoms with Crippen molar-refractivity contribution in [1.29, 1.82) is 0 Å². The van der Waals surface area contributed by atoms with E-state index in [1.54, 1.807) is 30.7 Å². The Morgan fingerprint density at radius 1 is 0.926 bits per heavy atom. The molecule has 0 atom stereocenters. The lowest BCUT2D eigenvalue weighted by Gasteiger charge is -2.14. The van der Waals surface area contributed by atoms with Crippen molar-refractivity contribution in [1.82, 2.24) is 14.9 Å². The van der Waals surface area contributed by atoms with Crippen molar-refractivity contribution < 1.29 is 9.47 Å². The first-order chi connectivity index (χ1) is 12.7. The molecular weight excluding hydrogens is 428 g/mol. The van der Waals surface area contributed by atoms with Crippen LogP contribution in [0.3, 0.4) is 0 Å². The minimum Gasteiger partial charge on any atom is -0.493 e. The van der Waals surface area contributed by atoms with Gasteiger partial charge in [0.15, 0.2) is 17.3 Å². The standard InChI is InChI=1S/C19H18N4O2S.BrH/c1-12-4-6-13(7-5-12)15-11-26-19-21-20-18(23(19)22-15)14-8-9-16(24-2)17(10-14)25-3;/h4-10H,11H2,1-3H3;1H. The molecule has 27 heavy (non-hydrogen) atoms. The van der Waals surface area contributed by atoms with Gasteiger partial charge in [-0.1, -0.05) is 41.6 Å². The lowest BCUT2D eigenvalue weighted by molar-refractivity contribution is 0.355. The molecule has 1 aromatic heterocycles. The van der Waals surface area contributed by atoms with Crippen LogP contribution in [0, 0.1) is 6.92 Å². The molecule has 1 aliphatic heterocycles. The monoisotopic (exact) mass is 446 g/mol. The Hall–Kier alpha value is -2.32. The third-order valence-electron chi connectivity index (χ3n) is 4.20. The molecule has 0 bridgehead atoms. The Bertz CT molecular complexity index is 986. The van der Waals surface area contributed by atoms with Gasteiger partial charge in [-0.2, -0.15) is 9.78 Å². The summed E-state index contributed by atoms with van der Waals surface area (Å²) in [6, 6.07) is 14.1. The van der Waals surface area contributed by atoms with E-state index in [-0.39, 0.29) is 17.0 Å². The number of rotatable bonds is 4. The first-order valence-electron chi connectivity index (χ1n) is 8.15. The van der Waals surface area contributed by atoms with E-state index >= 15 is 0 Å². The molecule has 0 unspecified atom stereocenters. The molecule has 2 aromatic carbocycles. The summed E-state index contributed by atoms with van der Waals surface area (Å²) in [7, 11) is 3.23. The second-order valence-corrected chi connectivity index (χ2v) is 6.83. The summed E-state index contributed by atoms with van der Waals surface area (Å²) in [5.41, 5.74) is 4.22. The largest absolute Gasteiger partial charge is 0.493 e. The van der Waals surface area contributed by atoms with Gasteiger partial charge in [-0.15, -0.1) is 27.2 Å². The van der Waals surface area contributed by atoms with Crippen molar-refractivity contribution in [2.75, 3.05) is 20.0 Å². The van der Waals surface area contributed by atoms with Gasteiger partial charge in [0, 0.05) is 11.3 Å². The SMILES string of the molecule is Br.COc1ccc(-c2nnc3n2N=C(c2ccc(C)cc2)CS3)cc1OC. The Morgan fingerprint density at radius 3 is 2.33 bits per heavy atom. The van der Waals surface area contributed by atoms with Gasteiger partial charge < -0.3 is 9.47 Å². The van der Waals surface area contributed by atoms with Crippen LogP contribution in [0.1, 0.15) is 11.1 Å². The van der Waals surface area contributed by atoms with Gasteiger partial charge >= 0.3 is 0 Å².